The predicted octanol–water partition coefficient (Wildman–Crippen LogP) is 6.93. The molecule has 3 heterocycles. The number of benzene rings is 1. The van der Waals surface area contributed by atoms with Gasteiger partial charge in [-0.05, 0) is 76.1 Å². The van der Waals surface area contributed by atoms with Crippen molar-refractivity contribution in [2.45, 2.75) is 44.2 Å². The molecule has 0 spiro atoms. The number of hydrogen-bond acceptors (Lipinski definition) is 4. The van der Waals surface area contributed by atoms with Gasteiger partial charge in [0.15, 0.2) is 6.23 Å². The van der Waals surface area contributed by atoms with Crippen LogP contribution >= 0.6 is 43.5 Å². The molecule has 1 unspecified atom stereocenters. The van der Waals surface area contributed by atoms with Gasteiger partial charge in [0.1, 0.15) is 0 Å². The number of ether oxygens (including phenoxy) is 1. The van der Waals surface area contributed by atoms with E-state index in [1.54, 1.807) is 0 Å². The first-order valence-corrected chi connectivity index (χ1v) is 11.5. The third-order valence-electron chi connectivity index (χ3n) is 5.37. The molecule has 1 aromatic carbocycles. The lowest BCUT2D eigenvalue weighted by Gasteiger charge is -2.23. The van der Waals surface area contributed by atoms with Gasteiger partial charge >= 0.3 is 0 Å². The van der Waals surface area contributed by atoms with E-state index in [0.29, 0.717) is 10.9 Å². The summed E-state index contributed by atoms with van der Waals surface area (Å²) in [5.41, 5.74) is 3.89. The monoisotopic (exact) mass is 524 g/mol. The highest BCUT2D eigenvalue weighted by Crippen LogP contribution is 2.47. The average molecular weight is 527 g/mol. The number of nitrogens with one attached hydrogen (secondary N) is 1. The molecule has 5 rings (SSSR count). The maximum atomic E-state index is 6.59. The van der Waals surface area contributed by atoms with E-state index in [1.807, 2.05) is 29.2 Å². The number of fused-ring (bicyclic) bond motifs is 1. The van der Waals surface area contributed by atoms with Crippen LogP contribution in [0.2, 0.25) is 5.02 Å². The van der Waals surface area contributed by atoms with Gasteiger partial charge in [-0.2, -0.15) is 5.10 Å². The van der Waals surface area contributed by atoms with Gasteiger partial charge in [-0.15, -0.1) is 0 Å². The van der Waals surface area contributed by atoms with Crippen molar-refractivity contribution in [3.8, 4) is 0 Å². The summed E-state index contributed by atoms with van der Waals surface area (Å²) in [7, 11) is 0. The third kappa shape index (κ3) is 3.36. The van der Waals surface area contributed by atoms with Crippen LogP contribution in [-0.2, 0) is 4.74 Å². The number of hydrogen-bond donors (Lipinski definition) is 1. The van der Waals surface area contributed by atoms with Gasteiger partial charge in [0, 0.05) is 24.1 Å². The maximum absolute atomic E-state index is 6.59. The summed E-state index contributed by atoms with van der Waals surface area (Å²) in [5.74, 6) is 0.542. The summed E-state index contributed by atoms with van der Waals surface area (Å²) in [5, 5.41) is 9.78. The topological polar surface area (TPSA) is 52.0 Å². The number of nitrogens with zero attached hydrogens (tertiary/aromatic N) is 3. The first-order chi connectivity index (χ1) is 13.6. The van der Waals surface area contributed by atoms with Crippen molar-refractivity contribution < 1.29 is 4.74 Å². The van der Waals surface area contributed by atoms with Gasteiger partial charge in [0.25, 0.3) is 0 Å². The Morgan fingerprint density at radius 3 is 2.71 bits per heavy atom. The fraction of sp³-hybridized carbons (Fsp3) is 0.400. The number of aromatic nitrogens is 3. The third-order valence-corrected chi connectivity index (χ3v) is 7.09. The van der Waals surface area contributed by atoms with E-state index in [0.717, 1.165) is 62.8 Å². The minimum Gasteiger partial charge on any atom is -0.356 e. The van der Waals surface area contributed by atoms with Crippen molar-refractivity contribution in [3.05, 3.63) is 44.2 Å². The second-order valence-electron chi connectivity index (χ2n) is 7.35. The molecule has 8 heteroatoms. The minimum atomic E-state index is -0.0128. The largest absolute Gasteiger partial charge is 0.356 e. The number of halogens is 3. The molecule has 0 radical (unpaired) electrons. The Balaban J connectivity index is 1.57. The van der Waals surface area contributed by atoms with E-state index >= 15 is 0 Å². The normalized spacial score (nSPS) is 19.9. The van der Waals surface area contributed by atoms with Crippen molar-refractivity contribution in [1.82, 2.24) is 14.8 Å². The Kier molecular flexibility index (Phi) is 5.11. The molecule has 0 bridgehead atoms. The van der Waals surface area contributed by atoms with Crippen LogP contribution in [-0.4, -0.2) is 21.4 Å². The van der Waals surface area contributed by atoms with Gasteiger partial charge in [-0.3, -0.25) is 4.98 Å². The van der Waals surface area contributed by atoms with Crippen LogP contribution < -0.4 is 5.32 Å². The molecule has 2 fully saturated rings. The number of pyridine rings is 1. The summed E-state index contributed by atoms with van der Waals surface area (Å²) >= 11 is 14.0. The zero-order valence-corrected chi connectivity index (χ0v) is 19.0. The minimum absolute atomic E-state index is 0.0128. The van der Waals surface area contributed by atoms with Crippen molar-refractivity contribution in [2.75, 3.05) is 11.9 Å². The number of rotatable bonds is 4. The average Bonchev–Trinajstić information content (AvgIpc) is 3.45. The number of anilines is 2. The van der Waals surface area contributed by atoms with Crippen molar-refractivity contribution in [3.63, 3.8) is 0 Å². The fourth-order valence-electron chi connectivity index (χ4n) is 3.73. The first kappa shape index (κ1) is 18.9. The van der Waals surface area contributed by atoms with Crippen molar-refractivity contribution >= 4 is 65.7 Å². The zero-order chi connectivity index (χ0) is 19.3. The van der Waals surface area contributed by atoms with E-state index in [4.69, 9.17) is 16.3 Å². The van der Waals surface area contributed by atoms with Gasteiger partial charge in [-0.1, -0.05) is 11.6 Å². The Labute approximate surface area is 185 Å². The molecular formula is C20H19Br2ClN4O. The van der Waals surface area contributed by atoms with Gasteiger partial charge in [-0.25, -0.2) is 4.68 Å². The first-order valence-electron chi connectivity index (χ1n) is 9.51. The highest BCUT2D eigenvalue weighted by atomic mass is 79.9. The van der Waals surface area contributed by atoms with Crippen LogP contribution in [0.15, 0.2) is 33.5 Å². The summed E-state index contributed by atoms with van der Waals surface area (Å²) < 4.78 is 9.78. The lowest BCUT2D eigenvalue weighted by atomic mass is 10.1. The van der Waals surface area contributed by atoms with Crippen LogP contribution in [0, 0.1) is 0 Å². The molecule has 2 aliphatic rings. The van der Waals surface area contributed by atoms with E-state index in [9.17, 15) is 0 Å². The summed E-state index contributed by atoms with van der Waals surface area (Å²) in [6.07, 6.45) is 9.34. The molecule has 0 amide bonds. The lowest BCUT2D eigenvalue weighted by molar-refractivity contribution is -0.0366. The smallest absolute Gasteiger partial charge is 0.150 e. The van der Waals surface area contributed by atoms with Gasteiger partial charge in [0.2, 0.25) is 0 Å². The summed E-state index contributed by atoms with van der Waals surface area (Å²) in [4.78, 5) is 4.59. The van der Waals surface area contributed by atoms with Crippen LogP contribution in [0.25, 0.3) is 10.9 Å². The van der Waals surface area contributed by atoms with E-state index in [1.165, 1.54) is 12.8 Å². The molecule has 3 aromatic rings. The molecule has 1 aliphatic heterocycles. The molecule has 5 nitrogen and oxygen atoms in total. The molecule has 1 saturated carbocycles. The van der Waals surface area contributed by atoms with Gasteiger partial charge in [0.05, 0.1) is 42.8 Å². The highest BCUT2D eigenvalue weighted by molar-refractivity contribution is 9.11. The van der Waals surface area contributed by atoms with Crippen LogP contribution in [0.1, 0.15) is 49.9 Å². The Morgan fingerprint density at radius 1 is 1.11 bits per heavy atom. The molecule has 1 atom stereocenters. The second kappa shape index (κ2) is 7.59. The SMILES string of the molecule is Clc1ccc2c(cnn2C2CCCCO2)c1Nc1c(Br)cnc(C2CC2)c1Br. The Hall–Kier alpha value is -1.15. The van der Waals surface area contributed by atoms with Crippen LogP contribution in [0.5, 0.6) is 0 Å². The Morgan fingerprint density at radius 2 is 1.96 bits per heavy atom. The molecule has 2 aromatic heterocycles. The van der Waals surface area contributed by atoms with Crippen molar-refractivity contribution in [2.24, 2.45) is 0 Å². The quantitative estimate of drug-likeness (QED) is 0.401. The molecule has 1 N–H and O–H groups in total. The van der Waals surface area contributed by atoms with Gasteiger partial charge < -0.3 is 10.1 Å². The fourth-order valence-corrected chi connectivity index (χ4v) is 5.35. The molecule has 1 saturated heterocycles. The van der Waals surface area contributed by atoms with E-state index in [2.05, 4.69) is 47.3 Å². The zero-order valence-electron chi connectivity index (χ0n) is 15.1. The van der Waals surface area contributed by atoms with Crippen molar-refractivity contribution in [1.29, 1.82) is 0 Å². The van der Waals surface area contributed by atoms with Crippen LogP contribution in [0.3, 0.4) is 0 Å². The maximum Gasteiger partial charge on any atom is 0.150 e. The molecule has 1 aliphatic carbocycles. The van der Waals surface area contributed by atoms with E-state index in [-0.39, 0.29) is 6.23 Å². The predicted molar refractivity (Wildman–Crippen MR) is 118 cm³/mol. The highest BCUT2D eigenvalue weighted by Gasteiger charge is 2.29. The summed E-state index contributed by atoms with van der Waals surface area (Å²) in [6, 6.07) is 3.93. The van der Waals surface area contributed by atoms with Crippen LogP contribution in [0.4, 0.5) is 11.4 Å². The summed E-state index contributed by atoms with van der Waals surface area (Å²) in [6.45, 7) is 0.783. The molecule has 28 heavy (non-hydrogen) atoms. The standard InChI is InChI=1S/C20H19Br2ClN4O/c21-13-10-24-18(11-4-5-11)17(22)20(13)26-19-12-9-25-27(15(12)7-6-14(19)23)16-3-1-2-8-28-16/h6-7,9-11,16H,1-5,8H2,(H,24,26). The lowest BCUT2D eigenvalue weighted by Crippen LogP contribution is -2.18. The molecule has 146 valence electrons. The Bertz CT molecular complexity index is 1040. The van der Waals surface area contributed by atoms with E-state index < -0.39 is 0 Å². The second-order valence-corrected chi connectivity index (χ2v) is 9.40. The molecular weight excluding hydrogens is 508 g/mol.